The van der Waals surface area contributed by atoms with Gasteiger partial charge in [0.25, 0.3) is 0 Å². The minimum Gasteiger partial charge on any atom is -0.369 e. The zero-order valence-electron chi connectivity index (χ0n) is 15.0. The summed E-state index contributed by atoms with van der Waals surface area (Å²) in [5.74, 6) is 0.451. The highest BCUT2D eigenvalue weighted by Crippen LogP contribution is 2.33. The van der Waals surface area contributed by atoms with Crippen molar-refractivity contribution in [1.29, 1.82) is 0 Å². The van der Waals surface area contributed by atoms with Crippen LogP contribution in [0.3, 0.4) is 0 Å². The number of aromatic nitrogens is 4. The number of carbonyl (C=O) groups excluding carboxylic acids is 1. The van der Waals surface area contributed by atoms with E-state index in [-0.39, 0.29) is 11.8 Å². The topological polar surface area (TPSA) is 98.2 Å². The van der Waals surface area contributed by atoms with E-state index in [0.29, 0.717) is 21.4 Å². The standard InChI is InChI=1S/C19H17ClN6OS/c1-11(24-18-15-6-3-7-26(15)23-10-22-18)13-8-12-4-2-5-14(20)17(12)25-19(13)28-9-16(21)27/h2-8,10-11H,9H2,1H3,(H2,21,27)(H,22,23,24). The number of primary amides is 1. The molecule has 9 heteroatoms. The summed E-state index contributed by atoms with van der Waals surface area (Å²) in [5.41, 5.74) is 7.84. The molecule has 1 atom stereocenters. The van der Waals surface area contributed by atoms with Crippen molar-refractivity contribution >= 4 is 51.5 Å². The monoisotopic (exact) mass is 412 g/mol. The van der Waals surface area contributed by atoms with Crippen molar-refractivity contribution in [3.05, 3.63) is 59.5 Å². The van der Waals surface area contributed by atoms with Crippen molar-refractivity contribution in [2.45, 2.75) is 18.0 Å². The smallest absolute Gasteiger partial charge is 0.227 e. The third-order valence-electron chi connectivity index (χ3n) is 4.29. The molecule has 0 fully saturated rings. The molecule has 0 aliphatic rings. The van der Waals surface area contributed by atoms with Crippen molar-refractivity contribution in [3.8, 4) is 0 Å². The van der Waals surface area contributed by atoms with Crippen LogP contribution in [0.2, 0.25) is 5.02 Å². The zero-order chi connectivity index (χ0) is 19.7. The van der Waals surface area contributed by atoms with E-state index in [1.54, 1.807) is 10.6 Å². The molecule has 0 aliphatic carbocycles. The lowest BCUT2D eigenvalue weighted by atomic mass is 10.1. The number of nitrogens with zero attached hydrogens (tertiary/aromatic N) is 4. The minimum absolute atomic E-state index is 0.125. The van der Waals surface area contributed by atoms with E-state index in [4.69, 9.17) is 22.3 Å². The first-order chi connectivity index (χ1) is 13.5. The summed E-state index contributed by atoms with van der Waals surface area (Å²) in [6.07, 6.45) is 3.36. The van der Waals surface area contributed by atoms with Crippen LogP contribution in [0.5, 0.6) is 0 Å². The molecule has 0 spiro atoms. The second-order valence-electron chi connectivity index (χ2n) is 6.26. The molecule has 0 bridgehead atoms. The molecule has 4 aromatic rings. The predicted molar refractivity (Wildman–Crippen MR) is 112 cm³/mol. The second-order valence-corrected chi connectivity index (χ2v) is 7.63. The lowest BCUT2D eigenvalue weighted by Crippen LogP contribution is -2.15. The van der Waals surface area contributed by atoms with Crippen molar-refractivity contribution in [1.82, 2.24) is 19.6 Å². The van der Waals surface area contributed by atoms with Gasteiger partial charge < -0.3 is 11.1 Å². The van der Waals surface area contributed by atoms with Crippen LogP contribution in [0.1, 0.15) is 18.5 Å². The number of nitrogens with two attached hydrogens (primary N) is 1. The minimum atomic E-state index is -0.400. The van der Waals surface area contributed by atoms with Gasteiger partial charge in [0, 0.05) is 17.1 Å². The Morgan fingerprint density at radius 2 is 2.21 bits per heavy atom. The molecule has 7 nitrogen and oxygen atoms in total. The number of carbonyl (C=O) groups is 1. The average Bonchev–Trinajstić information content (AvgIpc) is 3.16. The Morgan fingerprint density at radius 1 is 1.36 bits per heavy atom. The first kappa shape index (κ1) is 18.5. The number of nitrogens with one attached hydrogen (secondary N) is 1. The van der Waals surface area contributed by atoms with Crippen molar-refractivity contribution in [2.24, 2.45) is 5.73 Å². The van der Waals surface area contributed by atoms with Gasteiger partial charge in [0.2, 0.25) is 5.91 Å². The van der Waals surface area contributed by atoms with Gasteiger partial charge in [-0.15, -0.1) is 0 Å². The summed E-state index contributed by atoms with van der Waals surface area (Å²) < 4.78 is 1.75. The maximum absolute atomic E-state index is 11.3. The van der Waals surface area contributed by atoms with E-state index in [1.807, 2.05) is 43.5 Å². The summed E-state index contributed by atoms with van der Waals surface area (Å²) in [4.78, 5) is 20.4. The third-order valence-corrected chi connectivity index (χ3v) is 5.63. The van der Waals surface area contributed by atoms with Crippen LogP contribution in [0.4, 0.5) is 5.82 Å². The summed E-state index contributed by atoms with van der Waals surface area (Å²) in [6, 6.07) is 11.4. The number of fused-ring (bicyclic) bond motifs is 2. The van der Waals surface area contributed by atoms with E-state index < -0.39 is 5.91 Å². The maximum Gasteiger partial charge on any atom is 0.227 e. The molecule has 0 saturated carbocycles. The zero-order valence-corrected chi connectivity index (χ0v) is 16.5. The van der Waals surface area contributed by atoms with Crippen LogP contribution in [0, 0.1) is 0 Å². The summed E-state index contributed by atoms with van der Waals surface area (Å²) in [6.45, 7) is 2.02. The third kappa shape index (κ3) is 3.61. The lowest BCUT2D eigenvalue weighted by molar-refractivity contribution is -0.115. The van der Waals surface area contributed by atoms with E-state index in [2.05, 4.69) is 15.4 Å². The van der Waals surface area contributed by atoms with Crippen LogP contribution in [0.25, 0.3) is 16.4 Å². The Morgan fingerprint density at radius 3 is 3.04 bits per heavy atom. The first-order valence-electron chi connectivity index (χ1n) is 8.58. The number of halogens is 1. The number of para-hydroxylation sites is 1. The van der Waals surface area contributed by atoms with Crippen LogP contribution >= 0.6 is 23.4 Å². The Hall–Kier alpha value is -2.84. The molecule has 28 heavy (non-hydrogen) atoms. The van der Waals surface area contributed by atoms with Crippen LogP contribution in [-0.2, 0) is 4.79 Å². The van der Waals surface area contributed by atoms with Gasteiger partial charge in [-0.1, -0.05) is 35.5 Å². The predicted octanol–water partition coefficient (Wildman–Crippen LogP) is 3.68. The number of amides is 1. The molecular weight excluding hydrogens is 396 g/mol. The van der Waals surface area contributed by atoms with Crippen LogP contribution < -0.4 is 11.1 Å². The average molecular weight is 413 g/mol. The Bertz CT molecular complexity index is 1180. The molecule has 3 aromatic heterocycles. The summed E-state index contributed by atoms with van der Waals surface area (Å²) >= 11 is 7.61. The molecule has 4 rings (SSSR count). The second kappa shape index (κ2) is 7.65. The fraction of sp³-hybridized carbons (Fsp3) is 0.158. The number of pyridine rings is 1. The highest BCUT2D eigenvalue weighted by Gasteiger charge is 2.17. The molecule has 1 aromatic carbocycles. The number of hydrogen-bond donors (Lipinski definition) is 2. The number of rotatable bonds is 6. The van der Waals surface area contributed by atoms with E-state index >= 15 is 0 Å². The first-order valence-corrected chi connectivity index (χ1v) is 9.94. The summed E-state index contributed by atoms with van der Waals surface area (Å²) in [7, 11) is 0. The van der Waals surface area contributed by atoms with Gasteiger partial charge in [0.1, 0.15) is 16.9 Å². The van der Waals surface area contributed by atoms with Gasteiger partial charge in [-0.25, -0.2) is 14.5 Å². The van der Waals surface area contributed by atoms with E-state index in [0.717, 1.165) is 16.5 Å². The Kier molecular flexibility index (Phi) is 5.06. The molecule has 3 heterocycles. The van der Waals surface area contributed by atoms with Gasteiger partial charge in [-0.2, -0.15) is 5.10 Å². The Balaban J connectivity index is 1.75. The summed E-state index contributed by atoms with van der Waals surface area (Å²) in [5, 5.41) is 9.80. The van der Waals surface area contributed by atoms with E-state index in [9.17, 15) is 4.79 Å². The lowest BCUT2D eigenvalue weighted by Gasteiger charge is -2.19. The maximum atomic E-state index is 11.3. The fourth-order valence-electron chi connectivity index (χ4n) is 2.99. The van der Waals surface area contributed by atoms with Crippen LogP contribution in [0.15, 0.2) is 53.9 Å². The van der Waals surface area contributed by atoms with Gasteiger partial charge in [0.05, 0.1) is 22.3 Å². The van der Waals surface area contributed by atoms with Gasteiger partial charge in [-0.3, -0.25) is 4.79 Å². The van der Waals surface area contributed by atoms with E-state index in [1.165, 1.54) is 18.1 Å². The number of hydrogen-bond acceptors (Lipinski definition) is 6. The molecule has 1 amide bonds. The largest absolute Gasteiger partial charge is 0.369 e. The highest BCUT2D eigenvalue weighted by atomic mass is 35.5. The normalized spacial score (nSPS) is 12.4. The van der Waals surface area contributed by atoms with Gasteiger partial charge in [0.15, 0.2) is 5.82 Å². The number of anilines is 1. The molecule has 1 unspecified atom stereocenters. The van der Waals surface area contributed by atoms with Crippen molar-refractivity contribution < 1.29 is 4.79 Å². The quantitative estimate of drug-likeness (QED) is 0.469. The molecule has 3 N–H and O–H groups in total. The number of thioether (sulfide) groups is 1. The molecule has 0 radical (unpaired) electrons. The molecular formula is C19H17ClN6OS. The molecule has 0 aliphatic heterocycles. The SMILES string of the molecule is CC(Nc1ncnn2cccc12)c1cc2cccc(Cl)c2nc1SCC(N)=O. The van der Waals surface area contributed by atoms with Crippen molar-refractivity contribution in [3.63, 3.8) is 0 Å². The van der Waals surface area contributed by atoms with Gasteiger partial charge >= 0.3 is 0 Å². The van der Waals surface area contributed by atoms with Crippen molar-refractivity contribution in [2.75, 3.05) is 11.1 Å². The Labute approximate surface area is 170 Å². The number of benzene rings is 1. The molecule has 142 valence electrons. The fourth-order valence-corrected chi connectivity index (χ4v) is 4.05. The highest BCUT2D eigenvalue weighted by molar-refractivity contribution is 7.99. The van der Waals surface area contributed by atoms with Crippen LogP contribution in [-0.4, -0.2) is 31.2 Å². The molecule has 0 saturated heterocycles. The van der Waals surface area contributed by atoms with Gasteiger partial charge in [-0.05, 0) is 31.2 Å².